The lowest BCUT2D eigenvalue weighted by Gasteiger charge is -2.16. The van der Waals surface area contributed by atoms with Gasteiger partial charge in [-0.15, -0.1) is 0 Å². The second-order valence-corrected chi connectivity index (χ2v) is 6.13. The van der Waals surface area contributed by atoms with E-state index in [1.54, 1.807) is 38.6 Å². The lowest BCUT2D eigenvalue weighted by Crippen LogP contribution is -2.37. The van der Waals surface area contributed by atoms with Crippen LogP contribution in [0.25, 0.3) is 11.0 Å². The second kappa shape index (κ2) is 6.25. The Morgan fingerprint density at radius 2 is 1.92 bits per heavy atom. The van der Waals surface area contributed by atoms with Gasteiger partial charge in [0, 0.05) is 25.3 Å². The number of hydrogen-bond acceptors (Lipinski definition) is 5. The third-order valence-corrected chi connectivity index (χ3v) is 4.31. The van der Waals surface area contributed by atoms with Crippen molar-refractivity contribution in [2.75, 3.05) is 12.4 Å². The summed E-state index contributed by atoms with van der Waals surface area (Å²) in [6.45, 7) is 1.83. The molecular formula is C17H17ClN4O3. The predicted octanol–water partition coefficient (Wildman–Crippen LogP) is 2.35. The monoisotopic (exact) mass is 360 g/mol. The molecule has 8 heteroatoms. The Balaban J connectivity index is 2.34. The first-order valence-corrected chi connectivity index (χ1v) is 7.88. The number of hydrogen-bond donors (Lipinski definition) is 1. The van der Waals surface area contributed by atoms with Crippen LogP contribution >= 0.6 is 11.6 Å². The van der Waals surface area contributed by atoms with Gasteiger partial charge in [-0.3, -0.25) is 13.9 Å². The number of benzene rings is 1. The van der Waals surface area contributed by atoms with E-state index in [0.717, 1.165) is 10.1 Å². The molecule has 1 N–H and O–H groups in total. The van der Waals surface area contributed by atoms with E-state index in [0.29, 0.717) is 33.2 Å². The van der Waals surface area contributed by atoms with Crippen LogP contribution in [0.2, 0.25) is 5.02 Å². The van der Waals surface area contributed by atoms with Gasteiger partial charge in [-0.25, -0.2) is 9.78 Å². The molecule has 3 rings (SSSR count). The molecule has 0 spiro atoms. The van der Waals surface area contributed by atoms with Crippen LogP contribution in [0.15, 0.2) is 34.0 Å². The minimum Gasteiger partial charge on any atom is -0.495 e. The summed E-state index contributed by atoms with van der Waals surface area (Å²) in [5.41, 5.74) is 1.38. The number of nitrogens with zero attached hydrogens (tertiary/aromatic N) is 3. The van der Waals surface area contributed by atoms with E-state index in [1.165, 1.54) is 11.6 Å². The van der Waals surface area contributed by atoms with Crippen molar-refractivity contribution in [1.82, 2.24) is 14.1 Å². The molecule has 2 heterocycles. The fourth-order valence-corrected chi connectivity index (χ4v) is 2.87. The smallest absolute Gasteiger partial charge is 0.332 e. The minimum atomic E-state index is -0.430. The highest BCUT2D eigenvalue weighted by atomic mass is 35.5. The Labute approximate surface area is 148 Å². The highest BCUT2D eigenvalue weighted by Gasteiger charge is 2.17. The average Bonchev–Trinajstić information content (AvgIpc) is 2.60. The Hall–Kier alpha value is -2.80. The zero-order chi connectivity index (χ0) is 18.3. The van der Waals surface area contributed by atoms with Crippen LogP contribution in [0, 0.1) is 6.92 Å². The van der Waals surface area contributed by atoms with E-state index in [1.807, 2.05) is 6.92 Å². The molecule has 0 amide bonds. The largest absolute Gasteiger partial charge is 0.495 e. The van der Waals surface area contributed by atoms with Gasteiger partial charge in [-0.1, -0.05) is 11.6 Å². The maximum Gasteiger partial charge on any atom is 0.332 e. The first-order chi connectivity index (χ1) is 11.8. The third kappa shape index (κ3) is 2.76. The standard InChI is InChI=1S/C17H17ClN4O3/c1-9-8-19-15-13(16(23)22(3)17(24)21(15)2)14(9)20-11-7-10(18)5-6-12(11)25-4/h5-8H,1-4H3,(H,19,20). The highest BCUT2D eigenvalue weighted by molar-refractivity contribution is 6.31. The molecule has 0 radical (unpaired) electrons. The molecule has 0 atom stereocenters. The summed E-state index contributed by atoms with van der Waals surface area (Å²) in [5.74, 6) is 0.579. The Bertz CT molecular complexity index is 1100. The van der Waals surface area contributed by atoms with Gasteiger partial charge in [0.05, 0.1) is 18.5 Å². The molecule has 7 nitrogen and oxygen atoms in total. The van der Waals surface area contributed by atoms with E-state index in [-0.39, 0.29) is 0 Å². The number of rotatable bonds is 3. The summed E-state index contributed by atoms with van der Waals surface area (Å²) in [6, 6.07) is 5.15. The summed E-state index contributed by atoms with van der Waals surface area (Å²) in [5, 5.41) is 4.07. The van der Waals surface area contributed by atoms with E-state index in [9.17, 15) is 9.59 Å². The van der Waals surface area contributed by atoms with Gasteiger partial charge in [-0.05, 0) is 30.7 Å². The summed E-state index contributed by atoms with van der Waals surface area (Å²) < 4.78 is 7.75. The first kappa shape index (κ1) is 17.0. The van der Waals surface area contributed by atoms with Gasteiger partial charge in [0.2, 0.25) is 0 Å². The predicted molar refractivity (Wildman–Crippen MR) is 98.2 cm³/mol. The summed E-state index contributed by atoms with van der Waals surface area (Å²) in [6.07, 6.45) is 1.61. The van der Waals surface area contributed by atoms with Gasteiger partial charge in [0.15, 0.2) is 5.65 Å². The lowest BCUT2D eigenvalue weighted by atomic mass is 10.1. The number of aromatic nitrogens is 3. The van der Waals surface area contributed by atoms with Crippen LogP contribution in [-0.2, 0) is 14.1 Å². The maximum absolute atomic E-state index is 12.7. The molecular weight excluding hydrogens is 344 g/mol. The molecule has 3 aromatic rings. The third-order valence-electron chi connectivity index (χ3n) is 4.08. The van der Waals surface area contributed by atoms with Gasteiger partial charge < -0.3 is 10.1 Å². The molecule has 25 heavy (non-hydrogen) atoms. The Kier molecular flexibility index (Phi) is 4.26. The average molecular weight is 361 g/mol. The molecule has 0 aliphatic carbocycles. The molecule has 2 aromatic heterocycles. The van der Waals surface area contributed by atoms with Crippen LogP contribution in [0.5, 0.6) is 5.75 Å². The van der Waals surface area contributed by atoms with Gasteiger partial charge in [0.25, 0.3) is 5.56 Å². The van der Waals surface area contributed by atoms with Crippen LogP contribution in [0.3, 0.4) is 0 Å². The van der Waals surface area contributed by atoms with Crippen LogP contribution < -0.4 is 21.3 Å². The molecule has 0 saturated carbocycles. The van der Waals surface area contributed by atoms with E-state index < -0.39 is 11.2 Å². The maximum atomic E-state index is 12.7. The Morgan fingerprint density at radius 1 is 1.20 bits per heavy atom. The zero-order valence-corrected chi connectivity index (χ0v) is 15.0. The topological polar surface area (TPSA) is 78.2 Å². The van der Waals surface area contributed by atoms with Crippen molar-refractivity contribution < 1.29 is 4.74 Å². The SMILES string of the molecule is COc1ccc(Cl)cc1Nc1c(C)cnc2c1c(=O)n(C)c(=O)n2C. The molecule has 0 aliphatic heterocycles. The summed E-state index contributed by atoms with van der Waals surface area (Å²) >= 11 is 6.08. The van der Waals surface area contributed by atoms with Crippen LogP contribution in [0.1, 0.15) is 5.56 Å². The molecule has 0 fully saturated rings. The van der Waals surface area contributed by atoms with Gasteiger partial charge in [0.1, 0.15) is 11.1 Å². The number of halogens is 1. The van der Waals surface area contributed by atoms with Crippen molar-refractivity contribution in [3.05, 3.63) is 55.8 Å². The van der Waals surface area contributed by atoms with E-state index in [2.05, 4.69) is 10.3 Å². The molecule has 0 unspecified atom stereocenters. The van der Waals surface area contributed by atoms with Crippen molar-refractivity contribution in [3.8, 4) is 5.75 Å². The molecule has 0 bridgehead atoms. The number of aryl methyl sites for hydroxylation is 2. The summed E-state index contributed by atoms with van der Waals surface area (Å²) in [7, 11) is 4.57. The normalized spacial score (nSPS) is 10.9. The molecule has 0 saturated heterocycles. The second-order valence-electron chi connectivity index (χ2n) is 5.69. The fourth-order valence-electron chi connectivity index (χ4n) is 2.70. The lowest BCUT2D eigenvalue weighted by molar-refractivity contribution is 0.417. The number of fused-ring (bicyclic) bond motifs is 1. The number of anilines is 2. The molecule has 130 valence electrons. The minimum absolute atomic E-state index is 0.308. The quantitative estimate of drug-likeness (QED) is 0.775. The number of pyridine rings is 1. The van der Waals surface area contributed by atoms with Crippen molar-refractivity contribution in [1.29, 1.82) is 0 Å². The Morgan fingerprint density at radius 3 is 2.60 bits per heavy atom. The number of ether oxygens (including phenoxy) is 1. The number of nitrogens with one attached hydrogen (secondary N) is 1. The zero-order valence-electron chi connectivity index (χ0n) is 14.3. The van der Waals surface area contributed by atoms with Crippen molar-refractivity contribution in [3.63, 3.8) is 0 Å². The van der Waals surface area contributed by atoms with Crippen LogP contribution in [0.4, 0.5) is 11.4 Å². The van der Waals surface area contributed by atoms with Crippen molar-refractivity contribution >= 4 is 34.0 Å². The van der Waals surface area contributed by atoms with Crippen molar-refractivity contribution in [2.45, 2.75) is 6.92 Å². The molecule has 1 aromatic carbocycles. The first-order valence-electron chi connectivity index (χ1n) is 7.51. The van der Waals surface area contributed by atoms with E-state index >= 15 is 0 Å². The van der Waals surface area contributed by atoms with Crippen LogP contribution in [-0.4, -0.2) is 21.2 Å². The van der Waals surface area contributed by atoms with E-state index in [4.69, 9.17) is 16.3 Å². The van der Waals surface area contributed by atoms with Crippen molar-refractivity contribution in [2.24, 2.45) is 14.1 Å². The number of methoxy groups -OCH3 is 1. The molecule has 0 aliphatic rings. The fraction of sp³-hybridized carbons (Fsp3) is 0.235. The summed E-state index contributed by atoms with van der Waals surface area (Å²) in [4.78, 5) is 29.1. The highest BCUT2D eigenvalue weighted by Crippen LogP contribution is 2.33. The van der Waals surface area contributed by atoms with Gasteiger partial charge >= 0.3 is 5.69 Å². The van der Waals surface area contributed by atoms with Gasteiger partial charge in [-0.2, -0.15) is 0 Å².